The number of ether oxygens (including phenoxy) is 1. The summed E-state index contributed by atoms with van der Waals surface area (Å²) in [7, 11) is 0. The molecular weight excluding hydrogens is 546 g/mol. The molecule has 1 fully saturated rings. The van der Waals surface area contributed by atoms with E-state index in [9.17, 15) is 4.79 Å². The number of nitrogens with zero attached hydrogens (tertiary/aromatic N) is 5. The number of amides is 1. The van der Waals surface area contributed by atoms with Crippen molar-refractivity contribution in [1.82, 2.24) is 24.3 Å². The fourth-order valence-electron chi connectivity index (χ4n) is 5.67. The molecule has 1 aliphatic heterocycles. The molecule has 7 rings (SSSR count). The molecule has 8 heteroatoms. The third-order valence-electron chi connectivity index (χ3n) is 7.89. The van der Waals surface area contributed by atoms with Crippen LogP contribution in [0.15, 0.2) is 103 Å². The Morgan fingerprint density at radius 2 is 1.60 bits per heavy atom. The highest BCUT2D eigenvalue weighted by atomic mass is 35.5. The van der Waals surface area contributed by atoms with Gasteiger partial charge in [0, 0.05) is 35.5 Å². The summed E-state index contributed by atoms with van der Waals surface area (Å²) in [6.07, 6.45) is 4.69. The Morgan fingerprint density at radius 3 is 2.38 bits per heavy atom. The van der Waals surface area contributed by atoms with Gasteiger partial charge in [0.2, 0.25) is 0 Å². The molecule has 1 amide bonds. The van der Waals surface area contributed by atoms with Gasteiger partial charge in [0.25, 0.3) is 0 Å². The van der Waals surface area contributed by atoms with Crippen molar-refractivity contribution in [3.8, 4) is 22.5 Å². The molecule has 0 atom stereocenters. The van der Waals surface area contributed by atoms with Crippen LogP contribution in [0.25, 0.3) is 38.9 Å². The molecular formula is C34H28ClN5O2. The highest BCUT2D eigenvalue weighted by Gasteiger charge is 2.29. The lowest BCUT2D eigenvalue weighted by molar-refractivity contribution is 0.0866. The van der Waals surface area contributed by atoms with Gasteiger partial charge < -0.3 is 9.64 Å². The second kappa shape index (κ2) is 11.3. The standard InChI is InChI=1S/C34H28ClN5O2/c35-31-21-36-20-30-32(27-12-11-25-13-14-28(37-29(25)19-27)24-9-5-2-6-10-24)38-33(40(30)31)26-15-17-39(18-16-26)34(41)42-22-23-7-3-1-4-8-23/h1-14,19-21,26H,15-18,22H2. The fourth-order valence-corrected chi connectivity index (χ4v) is 5.91. The summed E-state index contributed by atoms with van der Waals surface area (Å²) in [6.45, 7) is 1.45. The minimum atomic E-state index is -0.285. The summed E-state index contributed by atoms with van der Waals surface area (Å²) in [4.78, 5) is 29.0. The number of piperidine rings is 1. The number of pyridine rings is 1. The number of halogens is 1. The largest absolute Gasteiger partial charge is 0.445 e. The summed E-state index contributed by atoms with van der Waals surface area (Å²) in [5.41, 5.74) is 6.49. The minimum absolute atomic E-state index is 0.132. The van der Waals surface area contributed by atoms with Crippen LogP contribution in [0.3, 0.4) is 0 Å². The highest BCUT2D eigenvalue weighted by Crippen LogP contribution is 2.35. The number of likely N-dealkylation sites (tertiary alicyclic amines) is 1. The second-order valence-electron chi connectivity index (χ2n) is 10.5. The lowest BCUT2D eigenvalue weighted by Crippen LogP contribution is -2.38. The molecule has 0 radical (unpaired) electrons. The van der Waals surface area contributed by atoms with Crippen molar-refractivity contribution in [3.63, 3.8) is 0 Å². The van der Waals surface area contributed by atoms with Crippen molar-refractivity contribution in [2.75, 3.05) is 13.1 Å². The average Bonchev–Trinajstić information content (AvgIpc) is 3.45. The first-order chi connectivity index (χ1) is 20.6. The molecule has 0 unspecified atom stereocenters. The van der Waals surface area contributed by atoms with Crippen LogP contribution in [0.1, 0.15) is 30.1 Å². The van der Waals surface area contributed by atoms with Crippen LogP contribution in [-0.4, -0.2) is 43.4 Å². The summed E-state index contributed by atoms with van der Waals surface area (Å²) in [6, 6.07) is 30.3. The monoisotopic (exact) mass is 573 g/mol. The molecule has 6 aromatic rings. The summed E-state index contributed by atoms with van der Waals surface area (Å²) in [5.74, 6) is 1.02. The predicted octanol–water partition coefficient (Wildman–Crippen LogP) is 7.78. The summed E-state index contributed by atoms with van der Waals surface area (Å²) in [5, 5.41) is 1.57. The Kier molecular flexibility index (Phi) is 7.01. The Labute approximate surface area is 248 Å². The number of aromatic nitrogens is 4. The normalized spacial score (nSPS) is 14.0. The molecule has 0 bridgehead atoms. The third-order valence-corrected chi connectivity index (χ3v) is 8.16. The van der Waals surface area contributed by atoms with E-state index in [0.29, 0.717) is 18.2 Å². The van der Waals surface area contributed by atoms with Crippen LogP contribution in [0, 0.1) is 0 Å². The smallest absolute Gasteiger partial charge is 0.410 e. The Balaban J connectivity index is 1.16. The molecule has 3 aromatic carbocycles. The van der Waals surface area contributed by atoms with E-state index >= 15 is 0 Å². The third kappa shape index (κ3) is 5.08. The average molecular weight is 574 g/mol. The first-order valence-electron chi connectivity index (χ1n) is 14.1. The molecule has 1 aliphatic rings. The van der Waals surface area contributed by atoms with Crippen LogP contribution in [0.2, 0.25) is 5.15 Å². The molecule has 42 heavy (non-hydrogen) atoms. The zero-order chi connectivity index (χ0) is 28.5. The lowest BCUT2D eigenvalue weighted by atomic mass is 9.96. The molecule has 0 spiro atoms. The molecule has 3 aromatic heterocycles. The molecule has 1 saturated heterocycles. The van der Waals surface area contributed by atoms with E-state index in [1.165, 1.54) is 0 Å². The number of imidazole rings is 1. The van der Waals surface area contributed by atoms with E-state index in [-0.39, 0.29) is 18.6 Å². The van der Waals surface area contributed by atoms with Gasteiger partial charge in [0.05, 0.1) is 34.8 Å². The topological polar surface area (TPSA) is 72.6 Å². The van der Waals surface area contributed by atoms with E-state index in [4.69, 9.17) is 26.3 Å². The van der Waals surface area contributed by atoms with Gasteiger partial charge in [-0.3, -0.25) is 9.38 Å². The summed E-state index contributed by atoms with van der Waals surface area (Å²) >= 11 is 6.71. The summed E-state index contributed by atoms with van der Waals surface area (Å²) < 4.78 is 7.56. The van der Waals surface area contributed by atoms with Crippen LogP contribution in [0.5, 0.6) is 0 Å². The Bertz CT molecular complexity index is 1880. The minimum Gasteiger partial charge on any atom is -0.445 e. The second-order valence-corrected chi connectivity index (χ2v) is 10.9. The maximum Gasteiger partial charge on any atom is 0.410 e. The van der Waals surface area contributed by atoms with Gasteiger partial charge in [0.1, 0.15) is 17.6 Å². The van der Waals surface area contributed by atoms with Crippen molar-refractivity contribution in [2.45, 2.75) is 25.4 Å². The van der Waals surface area contributed by atoms with Crippen molar-refractivity contribution < 1.29 is 9.53 Å². The van der Waals surface area contributed by atoms with Gasteiger partial charge in [-0.25, -0.2) is 14.8 Å². The Morgan fingerprint density at radius 1 is 0.857 bits per heavy atom. The van der Waals surface area contributed by atoms with Gasteiger partial charge in [-0.2, -0.15) is 0 Å². The van der Waals surface area contributed by atoms with Crippen molar-refractivity contribution in [2.24, 2.45) is 0 Å². The first kappa shape index (κ1) is 26.2. The van der Waals surface area contributed by atoms with Crippen LogP contribution < -0.4 is 0 Å². The number of hydrogen-bond acceptors (Lipinski definition) is 5. The van der Waals surface area contributed by atoms with E-state index in [0.717, 1.165) is 63.2 Å². The fraction of sp³-hybridized carbons (Fsp3) is 0.176. The van der Waals surface area contributed by atoms with Crippen molar-refractivity contribution >= 4 is 34.1 Å². The predicted molar refractivity (Wildman–Crippen MR) is 164 cm³/mol. The molecule has 0 saturated carbocycles. The zero-order valence-corrected chi connectivity index (χ0v) is 23.6. The van der Waals surface area contributed by atoms with Gasteiger partial charge >= 0.3 is 6.09 Å². The number of fused-ring (bicyclic) bond motifs is 2. The Hall–Kier alpha value is -4.75. The van der Waals surface area contributed by atoms with Crippen LogP contribution in [-0.2, 0) is 11.3 Å². The molecule has 7 nitrogen and oxygen atoms in total. The van der Waals surface area contributed by atoms with Gasteiger partial charge in [-0.1, -0.05) is 90.5 Å². The van der Waals surface area contributed by atoms with Crippen molar-refractivity contribution in [3.05, 3.63) is 120 Å². The van der Waals surface area contributed by atoms with E-state index in [1.807, 2.05) is 59.1 Å². The maximum absolute atomic E-state index is 12.7. The van der Waals surface area contributed by atoms with Crippen LogP contribution in [0.4, 0.5) is 4.79 Å². The van der Waals surface area contributed by atoms with Gasteiger partial charge in [0.15, 0.2) is 0 Å². The van der Waals surface area contributed by atoms with Crippen molar-refractivity contribution in [1.29, 1.82) is 0 Å². The number of benzene rings is 3. The number of rotatable bonds is 5. The number of carbonyl (C=O) groups excluding carboxylic acids is 1. The zero-order valence-electron chi connectivity index (χ0n) is 22.9. The lowest BCUT2D eigenvalue weighted by Gasteiger charge is -2.30. The highest BCUT2D eigenvalue weighted by molar-refractivity contribution is 6.29. The first-order valence-corrected chi connectivity index (χ1v) is 14.5. The quantitative estimate of drug-likeness (QED) is 0.210. The maximum atomic E-state index is 12.7. The molecule has 4 heterocycles. The van der Waals surface area contributed by atoms with E-state index in [2.05, 4.69) is 47.4 Å². The molecule has 0 aliphatic carbocycles. The van der Waals surface area contributed by atoms with E-state index < -0.39 is 0 Å². The molecule has 0 N–H and O–H groups in total. The SMILES string of the molecule is O=C(OCc1ccccc1)N1CCC(c2nc(-c3ccc4ccc(-c5ccccc5)nc4c3)c3cncc(Cl)n23)CC1. The number of hydrogen-bond donors (Lipinski definition) is 0. The number of carbonyl (C=O) groups is 1. The van der Waals surface area contributed by atoms with Crippen LogP contribution >= 0.6 is 11.6 Å². The van der Waals surface area contributed by atoms with E-state index in [1.54, 1.807) is 11.1 Å². The molecule has 208 valence electrons. The van der Waals surface area contributed by atoms with Gasteiger partial charge in [-0.05, 0) is 30.5 Å². The van der Waals surface area contributed by atoms with Gasteiger partial charge in [-0.15, -0.1) is 0 Å².